The molecule has 384 valence electrons. The number of methoxy groups -OCH3 is 3. The quantitative estimate of drug-likeness (QED) is 0.0905. The van der Waals surface area contributed by atoms with Crippen molar-refractivity contribution in [3.05, 3.63) is 101 Å². The molecule has 18 heteroatoms. The molecule has 4 N–H and O–H groups in total. The maximum Gasteiger partial charge on any atom is 0.344 e. The molecule has 0 radical (unpaired) electrons. The van der Waals surface area contributed by atoms with E-state index in [2.05, 4.69) is 43.9 Å². The fourth-order valence-corrected chi connectivity index (χ4v) is 15.5. The zero-order valence-corrected chi connectivity index (χ0v) is 43.1. The van der Waals surface area contributed by atoms with Crippen molar-refractivity contribution in [2.75, 3.05) is 77.0 Å². The Morgan fingerprint density at radius 1 is 0.917 bits per heavy atom. The highest BCUT2D eigenvalue weighted by Crippen LogP contribution is 2.68. The molecule has 1 aromatic heterocycles. The number of nitrogens with zero attached hydrogens (tertiary/aromatic N) is 3. The van der Waals surface area contributed by atoms with Gasteiger partial charge in [0.2, 0.25) is 15.6 Å². The van der Waals surface area contributed by atoms with Crippen LogP contribution < -0.4 is 19.7 Å². The van der Waals surface area contributed by atoms with Gasteiger partial charge in [-0.1, -0.05) is 44.2 Å². The number of esters is 3. The number of fused-ring (bicyclic) bond motifs is 6. The Hall–Kier alpha value is -5.95. The molecule has 1 aliphatic carbocycles. The van der Waals surface area contributed by atoms with Crippen LogP contribution >= 0.6 is 0 Å². The molecule has 17 nitrogen and oxygen atoms in total. The minimum absolute atomic E-state index is 0.204. The topological polar surface area (TPSA) is 209 Å². The predicted molar refractivity (Wildman–Crippen MR) is 271 cm³/mol. The number of carbonyl (C=O) groups is 4. The first-order chi connectivity index (χ1) is 34.3. The molecule has 6 aliphatic rings. The molecule has 1 amide bonds. The number of para-hydroxylation sites is 1. The number of likely N-dealkylation sites (N-methyl/N-ethyl adjacent to an activating group) is 1. The third kappa shape index (κ3) is 7.20. The summed E-state index contributed by atoms with van der Waals surface area (Å²) >= 11 is 0. The Balaban J connectivity index is 1.17. The van der Waals surface area contributed by atoms with E-state index in [1.807, 2.05) is 55.3 Å². The van der Waals surface area contributed by atoms with Gasteiger partial charge >= 0.3 is 17.9 Å². The van der Waals surface area contributed by atoms with Crippen LogP contribution in [0.5, 0.6) is 5.75 Å². The zero-order valence-electron chi connectivity index (χ0n) is 42.3. The SMILES string of the molecule is CC[C@]1(NC(=O)c2ccc(NS(C)(=O)=O)cc2)C[C@H]2CN(CCc3c([nH]c4ccccc34)[C@@](C(=O)OC)(c3cc4c(cc3OC)N(C)[C@H]3[C@@](O)(C(=O)OC)[C@H](OC(C)=O)[C@]5(CC)C=CCN6CC[C@]43[C@@H]65)C2)C1. The average molecular weight is 1010 g/mol. The molecule has 5 aliphatic heterocycles. The van der Waals surface area contributed by atoms with E-state index < -0.39 is 67.5 Å². The average Bonchev–Trinajstić information content (AvgIpc) is 4.02. The van der Waals surface area contributed by atoms with E-state index in [-0.39, 0.29) is 24.3 Å². The number of hydrogen-bond acceptors (Lipinski definition) is 14. The van der Waals surface area contributed by atoms with Crippen molar-refractivity contribution in [3.63, 3.8) is 0 Å². The Kier molecular flexibility index (Phi) is 12.1. The van der Waals surface area contributed by atoms with Crippen molar-refractivity contribution in [1.29, 1.82) is 0 Å². The predicted octanol–water partition coefficient (Wildman–Crippen LogP) is 4.80. The minimum atomic E-state index is -3.52. The number of hydrogen-bond donors (Lipinski definition) is 4. The number of H-pyrrole nitrogens is 1. The van der Waals surface area contributed by atoms with Crippen LogP contribution in [-0.4, -0.2) is 149 Å². The van der Waals surface area contributed by atoms with Crippen molar-refractivity contribution >= 4 is 56.1 Å². The maximum absolute atomic E-state index is 15.7. The van der Waals surface area contributed by atoms with E-state index in [0.717, 1.165) is 28.3 Å². The van der Waals surface area contributed by atoms with E-state index in [4.69, 9.17) is 18.9 Å². The zero-order chi connectivity index (χ0) is 51.3. The molecule has 10 atom stereocenters. The van der Waals surface area contributed by atoms with Gasteiger partial charge in [0.15, 0.2) is 6.10 Å². The standard InChI is InChI=1S/C54H66N6O11S/c1-9-50(56-44(62)34-16-18-35(19-17-34)57-72(8,66)67)28-33-29-53(48(63)69-6,43-37(20-24-59(30-33)31-50)36-14-11-12-15-40(36)55-43)39-26-38-41(27-42(39)68-5)58(4)46-52(38)22-25-60-23-13-21-51(10-2,45(52)60)47(71-32(3)61)54(46,65)49(64)70-7/h11-19,21,26-27,33,45-47,55,57,65H,9-10,20,22-25,28-31H2,1-8H3,(H,56,62)/t33-,45+,46-,47-,50+,51-,52-,53+,54+/m1/s1. The summed E-state index contributed by atoms with van der Waals surface area (Å²) in [4.78, 5) is 68.2. The number of nitrogens with one attached hydrogen (secondary N) is 3. The summed E-state index contributed by atoms with van der Waals surface area (Å²) in [5.74, 6) is -2.14. The second-order valence-electron chi connectivity index (χ2n) is 21.2. The van der Waals surface area contributed by atoms with Gasteiger partial charge in [-0.25, -0.2) is 13.2 Å². The number of sulfonamides is 1. The summed E-state index contributed by atoms with van der Waals surface area (Å²) in [5, 5.41) is 17.9. The number of ether oxygens (including phenoxy) is 4. The van der Waals surface area contributed by atoms with Gasteiger partial charge in [-0.05, 0) is 98.5 Å². The number of benzene rings is 3. The summed E-state index contributed by atoms with van der Waals surface area (Å²) in [7, 11) is 2.55. The lowest BCUT2D eigenvalue weighted by Gasteiger charge is -2.63. The van der Waals surface area contributed by atoms with Crippen molar-refractivity contribution in [3.8, 4) is 5.75 Å². The van der Waals surface area contributed by atoms with E-state index in [0.29, 0.717) is 98.8 Å². The lowest BCUT2D eigenvalue weighted by molar-refractivity contribution is -0.228. The fraction of sp³-hybridized carbons (Fsp3) is 0.519. The third-order valence-corrected chi connectivity index (χ3v) is 18.1. The molecule has 1 saturated carbocycles. The number of aliphatic hydroxyl groups is 1. The third-order valence-electron chi connectivity index (χ3n) is 17.5. The van der Waals surface area contributed by atoms with E-state index >= 15 is 4.79 Å². The van der Waals surface area contributed by atoms with Gasteiger partial charge in [0.05, 0.1) is 39.2 Å². The second-order valence-corrected chi connectivity index (χ2v) is 22.9. The lowest BCUT2D eigenvalue weighted by Crippen LogP contribution is -2.81. The fourth-order valence-electron chi connectivity index (χ4n) is 14.9. The number of anilines is 2. The van der Waals surface area contributed by atoms with E-state index in [9.17, 15) is 27.9 Å². The maximum atomic E-state index is 15.7. The van der Waals surface area contributed by atoms with Crippen LogP contribution in [-0.2, 0) is 55.9 Å². The van der Waals surface area contributed by atoms with Crippen LogP contribution in [0.25, 0.3) is 10.9 Å². The Morgan fingerprint density at radius 2 is 1.65 bits per heavy atom. The van der Waals surface area contributed by atoms with Crippen molar-refractivity contribution < 1.29 is 51.6 Å². The van der Waals surface area contributed by atoms with Crippen LogP contribution in [0.1, 0.15) is 85.6 Å². The highest BCUT2D eigenvalue weighted by molar-refractivity contribution is 7.92. The number of rotatable bonds is 11. The van der Waals surface area contributed by atoms with Gasteiger partial charge in [-0.3, -0.25) is 24.0 Å². The Labute approximate surface area is 420 Å². The first-order valence-corrected chi connectivity index (χ1v) is 26.9. The molecule has 2 saturated heterocycles. The highest BCUT2D eigenvalue weighted by atomic mass is 32.2. The second kappa shape index (κ2) is 17.6. The normalized spacial score (nSPS) is 32.5. The van der Waals surface area contributed by atoms with Gasteiger partial charge in [0, 0.05) is 102 Å². The summed E-state index contributed by atoms with van der Waals surface area (Å²) < 4.78 is 50.5. The van der Waals surface area contributed by atoms with E-state index in [1.54, 1.807) is 31.4 Å². The number of amides is 1. The molecule has 4 aromatic rings. The first-order valence-electron chi connectivity index (χ1n) is 25.0. The summed E-state index contributed by atoms with van der Waals surface area (Å²) in [5.41, 5.74) is -1.31. The van der Waals surface area contributed by atoms with Gasteiger partial charge in [-0.2, -0.15) is 0 Å². The summed E-state index contributed by atoms with van der Waals surface area (Å²) in [6.45, 7) is 8.38. The van der Waals surface area contributed by atoms with Crippen molar-refractivity contribution in [2.45, 2.75) is 99.5 Å². The minimum Gasteiger partial charge on any atom is -0.496 e. The Bertz CT molecular complexity index is 3020. The summed E-state index contributed by atoms with van der Waals surface area (Å²) in [6, 6.07) is 17.0. The molecule has 1 spiro atoms. The number of carbonyl (C=O) groups excluding carboxylic acids is 4. The van der Waals surface area contributed by atoms with Gasteiger partial charge in [0.1, 0.15) is 11.2 Å². The lowest BCUT2D eigenvalue weighted by atomic mass is 9.47. The Morgan fingerprint density at radius 3 is 2.32 bits per heavy atom. The largest absolute Gasteiger partial charge is 0.496 e. The van der Waals surface area contributed by atoms with Crippen LogP contribution in [0.3, 0.4) is 0 Å². The number of aromatic amines is 1. The van der Waals surface area contributed by atoms with Crippen molar-refractivity contribution in [1.82, 2.24) is 20.1 Å². The van der Waals surface area contributed by atoms with Crippen molar-refractivity contribution in [2.24, 2.45) is 11.3 Å². The van der Waals surface area contributed by atoms with E-state index in [1.165, 1.54) is 21.1 Å². The molecule has 10 rings (SSSR count). The van der Waals surface area contributed by atoms with Crippen LogP contribution in [0.4, 0.5) is 11.4 Å². The monoisotopic (exact) mass is 1010 g/mol. The van der Waals surface area contributed by atoms with Crippen LogP contribution in [0.2, 0.25) is 0 Å². The number of aromatic nitrogens is 1. The molecule has 1 unspecified atom stereocenters. The molecule has 72 heavy (non-hydrogen) atoms. The van der Waals surface area contributed by atoms with Gasteiger partial charge in [-0.15, -0.1) is 0 Å². The molecule has 3 fully saturated rings. The van der Waals surface area contributed by atoms with Gasteiger partial charge < -0.3 is 44.2 Å². The smallest absolute Gasteiger partial charge is 0.344 e. The van der Waals surface area contributed by atoms with Gasteiger partial charge in [0.25, 0.3) is 5.91 Å². The molecule has 6 heterocycles. The molecule has 3 aromatic carbocycles. The van der Waals surface area contributed by atoms with Crippen LogP contribution in [0.15, 0.2) is 72.8 Å². The number of piperidine rings is 1. The summed E-state index contributed by atoms with van der Waals surface area (Å²) in [6.07, 6.45) is 6.68. The molecular weight excluding hydrogens is 941 g/mol. The van der Waals surface area contributed by atoms with Crippen LogP contribution in [0, 0.1) is 11.3 Å². The molecular formula is C54H66N6O11S. The first kappa shape index (κ1) is 49.6. The highest BCUT2D eigenvalue weighted by Gasteiger charge is 2.80. The molecule has 2 bridgehead atoms.